The Hall–Kier alpha value is -1.55. The molecule has 1 aliphatic rings. The predicted molar refractivity (Wildman–Crippen MR) is 86.7 cm³/mol. The number of hydrogen-bond acceptors (Lipinski definition) is 3. The first-order valence-electron chi connectivity index (χ1n) is 8.28. The van der Waals surface area contributed by atoms with Crippen LogP contribution in [-0.2, 0) is 7.05 Å². The van der Waals surface area contributed by atoms with Crippen LogP contribution in [0.2, 0.25) is 0 Å². The third kappa shape index (κ3) is 2.60. The van der Waals surface area contributed by atoms with Gasteiger partial charge >= 0.3 is 0 Å². The summed E-state index contributed by atoms with van der Waals surface area (Å²) < 4.78 is 7.85. The second-order valence-corrected chi connectivity index (χ2v) is 6.63. The number of aliphatic hydroxyl groups excluding tert-OH is 1. The number of aliphatic hydroxyl groups is 1. The molecule has 2 aromatic rings. The molecule has 120 valence electrons. The molecule has 4 heteroatoms. The van der Waals surface area contributed by atoms with Crippen molar-refractivity contribution in [2.24, 2.45) is 13.0 Å². The van der Waals surface area contributed by atoms with Gasteiger partial charge in [-0.25, -0.2) is 0 Å². The third-order valence-electron chi connectivity index (χ3n) is 5.13. The van der Waals surface area contributed by atoms with Crippen molar-refractivity contribution in [1.29, 1.82) is 0 Å². The van der Waals surface area contributed by atoms with Crippen LogP contribution < -0.4 is 0 Å². The Morgan fingerprint density at radius 3 is 2.50 bits per heavy atom. The molecule has 1 N–H and O–H groups in total. The molecular weight excluding hydrogens is 276 g/mol. The van der Waals surface area contributed by atoms with Crippen LogP contribution in [0.3, 0.4) is 0 Å². The van der Waals surface area contributed by atoms with Gasteiger partial charge < -0.3 is 9.52 Å². The van der Waals surface area contributed by atoms with Crippen molar-refractivity contribution < 1.29 is 9.52 Å². The molecule has 0 aromatic carbocycles. The van der Waals surface area contributed by atoms with Crippen LogP contribution in [0.15, 0.2) is 10.5 Å². The quantitative estimate of drug-likeness (QED) is 0.923. The number of furan rings is 1. The molecule has 0 radical (unpaired) electrons. The third-order valence-corrected chi connectivity index (χ3v) is 5.13. The lowest BCUT2D eigenvalue weighted by Crippen LogP contribution is -2.16. The van der Waals surface area contributed by atoms with E-state index in [9.17, 15) is 5.11 Å². The fourth-order valence-electron chi connectivity index (χ4n) is 3.75. The molecule has 1 fully saturated rings. The van der Waals surface area contributed by atoms with E-state index in [1.807, 2.05) is 38.6 Å². The van der Waals surface area contributed by atoms with Gasteiger partial charge in [-0.15, -0.1) is 0 Å². The predicted octanol–water partition coefficient (Wildman–Crippen LogP) is 4.22. The van der Waals surface area contributed by atoms with E-state index >= 15 is 0 Å². The van der Waals surface area contributed by atoms with Crippen molar-refractivity contribution in [1.82, 2.24) is 9.78 Å². The van der Waals surface area contributed by atoms with Gasteiger partial charge in [0.05, 0.1) is 17.4 Å². The molecule has 1 saturated carbocycles. The number of hydrogen-bond donors (Lipinski definition) is 1. The minimum atomic E-state index is -0.407. The lowest BCUT2D eigenvalue weighted by molar-refractivity contribution is 0.0835. The van der Waals surface area contributed by atoms with Crippen LogP contribution in [-0.4, -0.2) is 14.9 Å². The van der Waals surface area contributed by atoms with E-state index in [4.69, 9.17) is 4.42 Å². The first-order valence-corrected chi connectivity index (χ1v) is 8.28. The Labute approximate surface area is 132 Å². The lowest BCUT2D eigenvalue weighted by atomic mass is 9.83. The van der Waals surface area contributed by atoms with Gasteiger partial charge in [-0.1, -0.05) is 19.3 Å². The second-order valence-electron chi connectivity index (χ2n) is 6.63. The normalized spacial score (nSPS) is 17.9. The molecule has 22 heavy (non-hydrogen) atoms. The van der Waals surface area contributed by atoms with Crippen molar-refractivity contribution in [3.8, 4) is 11.3 Å². The minimum Gasteiger partial charge on any atom is -0.461 e. The molecule has 1 unspecified atom stereocenters. The summed E-state index contributed by atoms with van der Waals surface area (Å²) in [6.07, 6.45) is 5.58. The summed E-state index contributed by atoms with van der Waals surface area (Å²) in [6.45, 7) is 5.99. The smallest absolute Gasteiger partial charge is 0.138 e. The molecular formula is C18H26N2O2. The van der Waals surface area contributed by atoms with E-state index < -0.39 is 6.10 Å². The van der Waals surface area contributed by atoms with Gasteiger partial charge in [-0.05, 0) is 45.6 Å². The Bertz CT molecular complexity index is 663. The highest BCUT2D eigenvalue weighted by atomic mass is 16.3. The Morgan fingerprint density at radius 2 is 1.91 bits per heavy atom. The number of aromatic nitrogens is 2. The molecule has 2 aromatic heterocycles. The molecule has 0 bridgehead atoms. The van der Waals surface area contributed by atoms with E-state index in [0.29, 0.717) is 5.92 Å². The van der Waals surface area contributed by atoms with Crippen molar-refractivity contribution in [2.75, 3.05) is 0 Å². The zero-order chi connectivity index (χ0) is 15.9. The van der Waals surface area contributed by atoms with E-state index in [1.165, 1.54) is 19.3 Å². The first-order chi connectivity index (χ1) is 10.5. The SMILES string of the molecule is Cc1nn(C)c(C)c1-c1cc(C(O)C2CCCCC2)c(C)o1. The summed E-state index contributed by atoms with van der Waals surface area (Å²) in [6, 6.07) is 2.02. The molecule has 1 atom stereocenters. The van der Waals surface area contributed by atoms with Gasteiger partial charge in [-0.2, -0.15) is 5.10 Å². The second kappa shape index (κ2) is 5.92. The molecule has 4 nitrogen and oxygen atoms in total. The van der Waals surface area contributed by atoms with Gasteiger partial charge in [0.25, 0.3) is 0 Å². The first kappa shape index (κ1) is 15.3. The van der Waals surface area contributed by atoms with Gasteiger partial charge in [0.2, 0.25) is 0 Å². The van der Waals surface area contributed by atoms with Crippen molar-refractivity contribution in [2.45, 2.75) is 59.0 Å². The van der Waals surface area contributed by atoms with Crippen LogP contribution in [0.4, 0.5) is 0 Å². The maximum Gasteiger partial charge on any atom is 0.138 e. The van der Waals surface area contributed by atoms with Crippen LogP contribution in [0.1, 0.15) is 60.9 Å². The van der Waals surface area contributed by atoms with Gasteiger partial charge in [0, 0.05) is 18.3 Å². The standard InChI is InChI=1S/C18H26N2O2/c1-11-17(12(2)20(4)19-11)16-10-15(13(3)22-16)18(21)14-8-6-5-7-9-14/h10,14,18,21H,5-9H2,1-4H3. The van der Waals surface area contributed by atoms with Gasteiger partial charge in [0.1, 0.15) is 11.5 Å². The summed E-state index contributed by atoms with van der Waals surface area (Å²) in [5.41, 5.74) is 4.05. The van der Waals surface area contributed by atoms with E-state index in [0.717, 1.165) is 46.9 Å². The number of aryl methyl sites for hydroxylation is 3. The van der Waals surface area contributed by atoms with Crippen LogP contribution in [0.5, 0.6) is 0 Å². The number of nitrogens with zero attached hydrogens (tertiary/aromatic N) is 2. The van der Waals surface area contributed by atoms with Crippen molar-refractivity contribution >= 4 is 0 Å². The summed E-state index contributed by atoms with van der Waals surface area (Å²) in [4.78, 5) is 0. The largest absolute Gasteiger partial charge is 0.461 e. The average molecular weight is 302 g/mol. The molecule has 3 rings (SSSR count). The van der Waals surface area contributed by atoms with Crippen LogP contribution in [0, 0.1) is 26.7 Å². The molecule has 1 aliphatic carbocycles. The zero-order valence-electron chi connectivity index (χ0n) is 14.0. The molecule has 0 spiro atoms. The minimum absolute atomic E-state index is 0.369. The van der Waals surface area contributed by atoms with Gasteiger partial charge in [-0.3, -0.25) is 4.68 Å². The summed E-state index contributed by atoms with van der Waals surface area (Å²) in [5.74, 6) is 2.02. The van der Waals surface area contributed by atoms with Gasteiger partial charge in [0.15, 0.2) is 0 Å². The topological polar surface area (TPSA) is 51.2 Å². The maximum atomic E-state index is 10.7. The Kier molecular flexibility index (Phi) is 4.13. The molecule has 0 amide bonds. The Morgan fingerprint density at radius 1 is 1.23 bits per heavy atom. The number of rotatable bonds is 3. The highest BCUT2D eigenvalue weighted by Crippen LogP contribution is 2.39. The van der Waals surface area contributed by atoms with Crippen LogP contribution in [0.25, 0.3) is 11.3 Å². The molecule has 0 saturated heterocycles. The summed E-state index contributed by atoms with van der Waals surface area (Å²) in [5, 5.41) is 15.2. The van der Waals surface area contributed by atoms with Crippen molar-refractivity contribution in [3.05, 3.63) is 28.8 Å². The van der Waals surface area contributed by atoms with Crippen molar-refractivity contribution in [3.63, 3.8) is 0 Å². The van der Waals surface area contributed by atoms with Crippen LogP contribution >= 0.6 is 0 Å². The lowest BCUT2D eigenvalue weighted by Gasteiger charge is -2.26. The zero-order valence-corrected chi connectivity index (χ0v) is 14.0. The molecule has 2 heterocycles. The molecule has 0 aliphatic heterocycles. The maximum absolute atomic E-state index is 10.7. The monoisotopic (exact) mass is 302 g/mol. The Balaban J connectivity index is 1.93. The fourth-order valence-corrected chi connectivity index (χ4v) is 3.75. The highest BCUT2D eigenvalue weighted by Gasteiger charge is 2.27. The van der Waals surface area contributed by atoms with E-state index in [1.54, 1.807) is 0 Å². The van der Waals surface area contributed by atoms with E-state index in [-0.39, 0.29) is 0 Å². The fraction of sp³-hybridized carbons (Fsp3) is 0.611. The average Bonchev–Trinajstić information content (AvgIpc) is 2.99. The summed E-state index contributed by atoms with van der Waals surface area (Å²) >= 11 is 0. The highest BCUT2D eigenvalue weighted by molar-refractivity contribution is 5.64. The van der Waals surface area contributed by atoms with E-state index in [2.05, 4.69) is 5.10 Å². The summed E-state index contributed by atoms with van der Waals surface area (Å²) in [7, 11) is 1.94.